The van der Waals surface area contributed by atoms with Crippen molar-refractivity contribution in [1.29, 1.82) is 0 Å². The fraction of sp³-hybridized carbons (Fsp3) is 0.857. The molecule has 18 heavy (non-hydrogen) atoms. The van der Waals surface area contributed by atoms with Crippen LogP contribution in [-0.2, 0) is 9.31 Å². The summed E-state index contributed by atoms with van der Waals surface area (Å²) in [4.78, 5) is 0. The summed E-state index contributed by atoms with van der Waals surface area (Å²) >= 11 is 0. The molecule has 2 atom stereocenters. The predicted molar refractivity (Wildman–Crippen MR) is 69.7 cm³/mol. The molecule has 0 amide bonds. The third-order valence-electron chi connectivity index (χ3n) is 5.36. The minimum Gasteiger partial charge on any atom is -0.398 e. The third-order valence-corrected chi connectivity index (χ3v) is 5.36. The molecule has 0 bridgehead atoms. The van der Waals surface area contributed by atoms with Gasteiger partial charge in [-0.2, -0.15) is 0 Å². The second-order valence-corrected chi connectivity index (χ2v) is 6.96. The van der Waals surface area contributed by atoms with Gasteiger partial charge in [-0.15, -0.1) is 0 Å². The van der Waals surface area contributed by atoms with Crippen LogP contribution in [0.2, 0.25) is 0 Å². The van der Waals surface area contributed by atoms with Crippen molar-refractivity contribution in [2.45, 2.75) is 64.6 Å². The van der Waals surface area contributed by atoms with Gasteiger partial charge in [0.1, 0.15) is 5.73 Å². The first-order valence-electron chi connectivity index (χ1n) is 7.06. The largest absolute Gasteiger partial charge is 0.525 e. The maximum Gasteiger partial charge on any atom is 0.525 e. The maximum absolute atomic E-state index is 14.5. The molecule has 2 nitrogen and oxygen atoms in total. The monoisotopic (exact) mass is 252 g/mol. The number of fused-ring (bicyclic) bond motifs is 1. The Morgan fingerprint density at radius 2 is 1.78 bits per heavy atom. The van der Waals surface area contributed by atoms with Crippen molar-refractivity contribution < 1.29 is 13.7 Å². The van der Waals surface area contributed by atoms with Gasteiger partial charge >= 0.3 is 7.12 Å². The molecule has 3 rings (SSSR count). The normalized spacial score (nSPS) is 39.5. The average Bonchev–Trinajstić information content (AvgIpc) is 2.67. The van der Waals surface area contributed by atoms with Crippen molar-refractivity contribution in [3.63, 3.8) is 0 Å². The standard InChI is InChI=1S/C14H22BFO2/c1-13(2)14(3,4)18-15(17-13)12(16)11-8-9-6-5-7-10(9)11/h9-10H,5-8H2,1-4H3. The molecule has 1 heterocycles. The summed E-state index contributed by atoms with van der Waals surface area (Å²) in [7, 11) is -0.786. The molecule has 0 aromatic rings. The minimum atomic E-state index is -0.786. The van der Waals surface area contributed by atoms with E-state index in [1.54, 1.807) is 0 Å². The molecule has 0 N–H and O–H groups in total. The van der Waals surface area contributed by atoms with E-state index >= 15 is 0 Å². The number of hydrogen-bond acceptors (Lipinski definition) is 2. The zero-order valence-corrected chi connectivity index (χ0v) is 11.8. The van der Waals surface area contributed by atoms with E-state index in [9.17, 15) is 4.39 Å². The summed E-state index contributed by atoms with van der Waals surface area (Å²) < 4.78 is 26.1. The lowest BCUT2D eigenvalue weighted by atomic mass is 9.66. The Bertz CT molecular complexity index is 387. The molecule has 0 spiro atoms. The van der Waals surface area contributed by atoms with Crippen LogP contribution in [-0.4, -0.2) is 18.3 Å². The van der Waals surface area contributed by atoms with Crippen LogP contribution in [0.5, 0.6) is 0 Å². The van der Waals surface area contributed by atoms with Crippen LogP contribution in [0.1, 0.15) is 53.4 Å². The quantitative estimate of drug-likeness (QED) is 0.663. The molecule has 4 heteroatoms. The van der Waals surface area contributed by atoms with E-state index in [0.717, 1.165) is 24.3 Å². The molecule has 100 valence electrons. The highest BCUT2D eigenvalue weighted by molar-refractivity contribution is 6.53. The highest BCUT2D eigenvalue weighted by atomic mass is 19.1. The van der Waals surface area contributed by atoms with E-state index in [-0.39, 0.29) is 5.73 Å². The number of hydrogen-bond donors (Lipinski definition) is 0. The molecular weight excluding hydrogens is 230 g/mol. The van der Waals surface area contributed by atoms with Crippen LogP contribution in [0.15, 0.2) is 11.3 Å². The van der Waals surface area contributed by atoms with Crippen LogP contribution in [0.3, 0.4) is 0 Å². The van der Waals surface area contributed by atoms with Crippen molar-refractivity contribution in [2.75, 3.05) is 0 Å². The lowest BCUT2D eigenvalue weighted by molar-refractivity contribution is 0.00578. The first-order valence-corrected chi connectivity index (χ1v) is 7.06. The Kier molecular flexibility index (Phi) is 2.70. The van der Waals surface area contributed by atoms with Crippen molar-refractivity contribution in [3.8, 4) is 0 Å². The molecule has 3 fully saturated rings. The summed E-state index contributed by atoms with van der Waals surface area (Å²) in [6, 6.07) is 0. The van der Waals surface area contributed by atoms with Crippen molar-refractivity contribution in [1.82, 2.24) is 0 Å². The smallest absolute Gasteiger partial charge is 0.398 e. The molecular formula is C14H22BFO2. The van der Waals surface area contributed by atoms with E-state index < -0.39 is 18.3 Å². The molecule has 0 radical (unpaired) electrons. The highest BCUT2D eigenvalue weighted by Crippen LogP contribution is 2.53. The Balaban J connectivity index is 1.79. The van der Waals surface area contributed by atoms with E-state index in [1.165, 1.54) is 12.8 Å². The van der Waals surface area contributed by atoms with E-state index in [1.807, 2.05) is 27.7 Å². The van der Waals surface area contributed by atoms with Gasteiger partial charge in [0.25, 0.3) is 0 Å². The van der Waals surface area contributed by atoms with Crippen LogP contribution in [0.25, 0.3) is 0 Å². The molecule has 0 aromatic heterocycles. The Morgan fingerprint density at radius 1 is 1.17 bits per heavy atom. The summed E-state index contributed by atoms with van der Waals surface area (Å²) in [6.45, 7) is 7.85. The molecule has 2 aliphatic carbocycles. The summed E-state index contributed by atoms with van der Waals surface area (Å²) in [5.74, 6) is 1.21. The zero-order valence-electron chi connectivity index (χ0n) is 11.8. The molecule has 2 unspecified atom stereocenters. The Hall–Kier alpha value is -0.345. The second-order valence-electron chi connectivity index (χ2n) is 6.96. The second kappa shape index (κ2) is 3.83. The van der Waals surface area contributed by atoms with Gasteiger partial charge in [-0.05, 0) is 64.4 Å². The first-order chi connectivity index (χ1) is 8.32. The van der Waals surface area contributed by atoms with E-state index in [4.69, 9.17) is 9.31 Å². The number of rotatable bonds is 1. The SMILES string of the molecule is CC1(C)OB(C(F)=C2CC3CCCC23)OC1(C)C. The van der Waals surface area contributed by atoms with Gasteiger partial charge in [0.05, 0.1) is 11.2 Å². The van der Waals surface area contributed by atoms with Crippen molar-refractivity contribution in [2.24, 2.45) is 11.8 Å². The van der Waals surface area contributed by atoms with Crippen molar-refractivity contribution >= 4 is 7.12 Å². The summed E-state index contributed by atoms with van der Waals surface area (Å²) in [6.07, 6.45) is 4.58. The van der Waals surface area contributed by atoms with Crippen LogP contribution >= 0.6 is 0 Å². The third kappa shape index (κ3) is 1.69. The van der Waals surface area contributed by atoms with Crippen molar-refractivity contribution in [3.05, 3.63) is 11.3 Å². The molecule has 1 aliphatic heterocycles. The van der Waals surface area contributed by atoms with E-state index in [0.29, 0.717) is 5.92 Å². The maximum atomic E-state index is 14.5. The fourth-order valence-corrected chi connectivity index (χ4v) is 3.39. The Morgan fingerprint density at radius 3 is 2.33 bits per heavy atom. The lowest BCUT2D eigenvalue weighted by Gasteiger charge is -2.35. The van der Waals surface area contributed by atoms with Gasteiger partial charge in [0, 0.05) is 0 Å². The predicted octanol–water partition coefficient (Wildman–Crippen LogP) is 3.66. The lowest BCUT2D eigenvalue weighted by Crippen LogP contribution is -2.41. The molecule has 0 aromatic carbocycles. The van der Waals surface area contributed by atoms with Crippen LogP contribution in [0, 0.1) is 11.8 Å². The summed E-state index contributed by atoms with van der Waals surface area (Å²) in [5, 5.41) is 0. The minimum absolute atomic E-state index is 0.142. The molecule has 2 saturated carbocycles. The van der Waals surface area contributed by atoms with Gasteiger partial charge in [-0.3, -0.25) is 0 Å². The topological polar surface area (TPSA) is 18.5 Å². The fourth-order valence-electron chi connectivity index (χ4n) is 3.39. The molecule has 3 aliphatic rings. The van der Waals surface area contributed by atoms with Gasteiger partial charge in [0.15, 0.2) is 0 Å². The van der Waals surface area contributed by atoms with E-state index in [2.05, 4.69) is 0 Å². The van der Waals surface area contributed by atoms with Gasteiger partial charge in [-0.25, -0.2) is 4.39 Å². The average molecular weight is 252 g/mol. The first kappa shape index (κ1) is 12.7. The zero-order chi connectivity index (χ0) is 13.1. The van der Waals surface area contributed by atoms with Crippen LogP contribution in [0.4, 0.5) is 4.39 Å². The summed E-state index contributed by atoms with van der Waals surface area (Å²) in [5.41, 5.74) is -0.0734. The van der Waals surface area contributed by atoms with Gasteiger partial charge < -0.3 is 9.31 Å². The highest BCUT2D eigenvalue weighted by Gasteiger charge is 2.55. The molecule has 1 saturated heterocycles. The van der Waals surface area contributed by atoms with Gasteiger partial charge in [0.2, 0.25) is 0 Å². The number of allylic oxidation sites excluding steroid dienone is 1. The Labute approximate surface area is 109 Å². The van der Waals surface area contributed by atoms with Crippen LogP contribution < -0.4 is 0 Å². The number of halogens is 1. The van der Waals surface area contributed by atoms with Gasteiger partial charge in [-0.1, -0.05) is 6.42 Å².